The van der Waals surface area contributed by atoms with Gasteiger partial charge in [0, 0.05) is 34.6 Å². The number of benzene rings is 1. The van der Waals surface area contributed by atoms with Crippen molar-refractivity contribution < 1.29 is 0 Å². The molecule has 0 atom stereocenters. The second kappa shape index (κ2) is 6.61. The fourth-order valence-corrected chi connectivity index (χ4v) is 4.00. The summed E-state index contributed by atoms with van der Waals surface area (Å²) < 4.78 is 1.61. The Morgan fingerprint density at radius 2 is 2.16 bits per heavy atom. The third-order valence-corrected chi connectivity index (χ3v) is 5.79. The van der Waals surface area contributed by atoms with Crippen LogP contribution in [0.2, 0.25) is 0 Å². The van der Waals surface area contributed by atoms with Crippen molar-refractivity contribution in [2.45, 2.75) is 38.1 Å². The van der Waals surface area contributed by atoms with Gasteiger partial charge in [0.05, 0.1) is 0 Å². The summed E-state index contributed by atoms with van der Waals surface area (Å²) in [6.07, 6.45) is 1.26. The molecular formula is C15H23BrN2S. The van der Waals surface area contributed by atoms with Gasteiger partial charge in [0.1, 0.15) is 0 Å². The molecule has 0 unspecified atom stereocenters. The Kier molecular flexibility index (Phi) is 5.35. The summed E-state index contributed by atoms with van der Waals surface area (Å²) in [7, 11) is 0. The predicted octanol–water partition coefficient (Wildman–Crippen LogP) is 3.63. The summed E-state index contributed by atoms with van der Waals surface area (Å²) in [5.41, 5.74) is 8.22. The van der Waals surface area contributed by atoms with Crippen molar-refractivity contribution in [1.29, 1.82) is 0 Å². The van der Waals surface area contributed by atoms with E-state index >= 15 is 0 Å². The van der Waals surface area contributed by atoms with Crippen LogP contribution in [-0.4, -0.2) is 28.5 Å². The van der Waals surface area contributed by atoms with E-state index < -0.39 is 0 Å². The molecule has 1 fully saturated rings. The van der Waals surface area contributed by atoms with Crippen LogP contribution in [0.4, 0.5) is 0 Å². The van der Waals surface area contributed by atoms with Crippen LogP contribution in [0, 0.1) is 0 Å². The molecule has 2 rings (SSSR count). The molecule has 2 nitrogen and oxygen atoms in total. The molecule has 1 aliphatic rings. The van der Waals surface area contributed by atoms with Crippen LogP contribution >= 0.6 is 27.7 Å². The van der Waals surface area contributed by atoms with Crippen LogP contribution in [0.3, 0.4) is 0 Å². The van der Waals surface area contributed by atoms with Gasteiger partial charge in [-0.1, -0.05) is 41.9 Å². The van der Waals surface area contributed by atoms with E-state index in [1.54, 1.807) is 0 Å². The van der Waals surface area contributed by atoms with Crippen LogP contribution in [0.15, 0.2) is 22.7 Å². The van der Waals surface area contributed by atoms with E-state index in [1.807, 2.05) is 0 Å². The van der Waals surface area contributed by atoms with Crippen molar-refractivity contribution in [3.63, 3.8) is 0 Å². The number of rotatable bonds is 3. The molecular weight excluding hydrogens is 320 g/mol. The first-order valence-electron chi connectivity index (χ1n) is 6.84. The zero-order valence-corrected chi connectivity index (χ0v) is 14.2. The van der Waals surface area contributed by atoms with Gasteiger partial charge < -0.3 is 5.73 Å². The van der Waals surface area contributed by atoms with Crippen molar-refractivity contribution in [2.75, 3.05) is 18.8 Å². The second-order valence-corrected chi connectivity index (χ2v) is 8.42. The number of nitrogens with two attached hydrogens (primary N) is 1. The topological polar surface area (TPSA) is 29.3 Å². The first-order chi connectivity index (χ1) is 9.00. The highest BCUT2D eigenvalue weighted by Crippen LogP contribution is 2.31. The van der Waals surface area contributed by atoms with Gasteiger partial charge in [0.15, 0.2) is 0 Å². The second-order valence-electron chi connectivity index (χ2n) is 5.76. The molecule has 1 aromatic carbocycles. The van der Waals surface area contributed by atoms with E-state index in [-0.39, 0.29) is 0 Å². The molecule has 19 heavy (non-hydrogen) atoms. The third-order valence-electron chi connectivity index (χ3n) is 3.68. The Morgan fingerprint density at radius 3 is 2.84 bits per heavy atom. The van der Waals surface area contributed by atoms with Gasteiger partial charge >= 0.3 is 0 Å². The van der Waals surface area contributed by atoms with Gasteiger partial charge in [-0.05, 0) is 30.2 Å². The van der Waals surface area contributed by atoms with Crippen LogP contribution in [0.25, 0.3) is 0 Å². The Bertz CT molecular complexity index is 434. The van der Waals surface area contributed by atoms with Crippen molar-refractivity contribution >= 4 is 27.7 Å². The highest BCUT2D eigenvalue weighted by atomic mass is 79.9. The molecule has 4 heteroatoms. The molecule has 0 bridgehead atoms. The summed E-state index contributed by atoms with van der Waals surface area (Å²) in [6.45, 7) is 8.71. The SMILES string of the molecule is CC1(C)CCN(Cc2ccc(CN)cc2Br)CCS1. The number of hydrogen-bond acceptors (Lipinski definition) is 3. The minimum absolute atomic E-state index is 0.426. The van der Waals surface area contributed by atoms with E-state index in [2.05, 4.69) is 64.6 Å². The lowest BCUT2D eigenvalue weighted by atomic mass is 10.1. The average Bonchev–Trinajstić information content (AvgIpc) is 2.53. The molecule has 106 valence electrons. The Hall–Kier alpha value is -0.0300. The quantitative estimate of drug-likeness (QED) is 0.909. The zero-order valence-electron chi connectivity index (χ0n) is 11.8. The maximum atomic E-state index is 5.67. The molecule has 1 aliphatic heterocycles. The van der Waals surface area contributed by atoms with Crippen LogP contribution < -0.4 is 5.73 Å². The molecule has 1 aromatic rings. The standard InChI is InChI=1S/C15H23BrN2S/c1-15(2)5-6-18(7-8-19-15)11-13-4-3-12(10-17)9-14(13)16/h3-4,9H,5-8,10-11,17H2,1-2H3. The van der Waals surface area contributed by atoms with E-state index in [9.17, 15) is 0 Å². The van der Waals surface area contributed by atoms with Gasteiger partial charge in [-0.3, -0.25) is 4.90 Å². The third kappa shape index (κ3) is 4.48. The first kappa shape index (κ1) is 15.4. The average molecular weight is 343 g/mol. The number of hydrogen-bond donors (Lipinski definition) is 1. The maximum absolute atomic E-state index is 5.67. The molecule has 0 radical (unpaired) electrons. The highest BCUT2D eigenvalue weighted by Gasteiger charge is 2.23. The van der Waals surface area contributed by atoms with E-state index in [4.69, 9.17) is 5.73 Å². The van der Waals surface area contributed by atoms with Gasteiger partial charge in [-0.25, -0.2) is 0 Å². The lowest BCUT2D eigenvalue weighted by molar-refractivity contribution is 0.276. The molecule has 1 heterocycles. The van der Waals surface area contributed by atoms with Crippen molar-refractivity contribution in [1.82, 2.24) is 4.90 Å². The van der Waals surface area contributed by atoms with Crippen LogP contribution in [0.5, 0.6) is 0 Å². The van der Waals surface area contributed by atoms with Gasteiger partial charge in [0.2, 0.25) is 0 Å². The first-order valence-corrected chi connectivity index (χ1v) is 8.62. The molecule has 0 spiro atoms. The molecule has 0 aromatic heterocycles. The van der Waals surface area contributed by atoms with Gasteiger partial charge in [-0.2, -0.15) is 11.8 Å². The van der Waals surface area contributed by atoms with Crippen molar-refractivity contribution in [2.24, 2.45) is 5.73 Å². The maximum Gasteiger partial charge on any atom is 0.0245 e. The Labute approximate surface area is 129 Å². The summed E-state index contributed by atoms with van der Waals surface area (Å²) in [4.78, 5) is 2.56. The highest BCUT2D eigenvalue weighted by molar-refractivity contribution is 9.10. The largest absolute Gasteiger partial charge is 0.326 e. The van der Waals surface area contributed by atoms with Crippen LogP contribution in [-0.2, 0) is 13.1 Å². The molecule has 2 N–H and O–H groups in total. The minimum atomic E-state index is 0.426. The van der Waals surface area contributed by atoms with Crippen molar-refractivity contribution in [3.05, 3.63) is 33.8 Å². The van der Waals surface area contributed by atoms with E-state index in [0.29, 0.717) is 11.3 Å². The van der Waals surface area contributed by atoms with Gasteiger partial charge in [-0.15, -0.1) is 0 Å². The number of halogens is 1. The minimum Gasteiger partial charge on any atom is -0.326 e. The zero-order chi connectivity index (χ0) is 13.9. The monoisotopic (exact) mass is 342 g/mol. The van der Waals surface area contributed by atoms with Crippen molar-refractivity contribution in [3.8, 4) is 0 Å². The molecule has 1 saturated heterocycles. The normalized spacial score (nSPS) is 20.2. The number of nitrogens with zero attached hydrogens (tertiary/aromatic N) is 1. The number of thioether (sulfide) groups is 1. The van der Waals surface area contributed by atoms with Crippen LogP contribution in [0.1, 0.15) is 31.4 Å². The molecule has 0 amide bonds. The summed E-state index contributed by atoms with van der Waals surface area (Å²) in [5.74, 6) is 1.23. The molecule has 0 saturated carbocycles. The Balaban J connectivity index is 2.01. The van der Waals surface area contributed by atoms with E-state index in [0.717, 1.165) is 6.54 Å². The van der Waals surface area contributed by atoms with E-state index in [1.165, 1.54) is 40.9 Å². The lowest BCUT2D eigenvalue weighted by Crippen LogP contribution is -2.27. The summed E-state index contributed by atoms with van der Waals surface area (Å²) in [5, 5.41) is 0. The lowest BCUT2D eigenvalue weighted by Gasteiger charge is -2.23. The summed E-state index contributed by atoms with van der Waals surface area (Å²) >= 11 is 5.77. The predicted molar refractivity (Wildman–Crippen MR) is 88.5 cm³/mol. The Morgan fingerprint density at radius 1 is 1.37 bits per heavy atom. The fraction of sp³-hybridized carbons (Fsp3) is 0.600. The smallest absolute Gasteiger partial charge is 0.0245 e. The fourth-order valence-electron chi connectivity index (χ4n) is 2.31. The summed E-state index contributed by atoms with van der Waals surface area (Å²) in [6, 6.07) is 6.48. The van der Waals surface area contributed by atoms with Gasteiger partial charge in [0.25, 0.3) is 0 Å². The molecule has 0 aliphatic carbocycles.